The van der Waals surface area contributed by atoms with Crippen LogP contribution in [0.25, 0.3) is 5.52 Å². The van der Waals surface area contributed by atoms with Crippen LogP contribution in [0.4, 0.5) is 0 Å². The average molecular weight is 325 g/mol. The van der Waals surface area contributed by atoms with Crippen molar-refractivity contribution in [3.63, 3.8) is 0 Å². The summed E-state index contributed by atoms with van der Waals surface area (Å²) in [6.07, 6.45) is 9.63. The van der Waals surface area contributed by atoms with Gasteiger partial charge in [-0.05, 0) is 18.6 Å². The SMILES string of the molecule is O=C(c1cnc[nH]1)N1CCOC[C@@H](Cc2nccn3cccc23)C1. The second kappa shape index (κ2) is 6.45. The molecule has 1 amide bonds. The van der Waals surface area contributed by atoms with Crippen molar-refractivity contribution in [3.05, 3.63) is 54.6 Å². The number of H-pyrrole nitrogens is 1. The van der Waals surface area contributed by atoms with Crippen LogP contribution in [-0.4, -0.2) is 56.5 Å². The topological polar surface area (TPSA) is 75.5 Å². The number of amides is 1. The molecule has 0 radical (unpaired) electrons. The van der Waals surface area contributed by atoms with Gasteiger partial charge in [-0.15, -0.1) is 0 Å². The first-order valence-electron chi connectivity index (χ1n) is 8.07. The Balaban J connectivity index is 1.52. The fourth-order valence-electron chi connectivity index (χ4n) is 3.19. The standard InChI is InChI=1S/C17H19N5O2/c23-17(15-9-18-12-20-15)22-6-7-24-11-13(10-22)8-14-16-2-1-4-21(16)5-3-19-14/h1-5,9,12-13H,6-8,10-11H2,(H,18,20)/t13-/m0/s1. The van der Waals surface area contributed by atoms with E-state index in [1.165, 1.54) is 6.33 Å². The quantitative estimate of drug-likeness (QED) is 0.789. The Labute approximate surface area is 139 Å². The molecule has 0 saturated carbocycles. The molecule has 3 aromatic rings. The number of imidazole rings is 1. The van der Waals surface area contributed by atoms with Gasteiger partial charge in [0.05, 0.1) is 36.9 Å². The molecule has 4 heterocycles. The molecule has 24 heavy (non-hydrogen) atoms. The van der Waals surface area contributed by atoms with E-state index in [0.29, 0.717) is 32.0 Å². The lowest BCUT2D eigenvalue weighted by atomic mass is 10.0. The first kappa shape index (κ1) is 14.9. The molecule has 1 atom stereocenters. The van der Waals surface area contributed by atoms with Gasteiger partial charge in [-0.1, -0.05) is 0 Å². The molecule has 0 aliphatic carbocycles. The van der Waals surface area contributed by atoms with Gasteiger partial charge in [0.15, 0.2) is 0 Å². The Morgan fingerprint density at radius 1 is 1.42 bits per heavy atom. The zero-order valence-corrected chi connectivity index (χ0v) is 13.3. The molecule has 1 fully saturated rings. The van der Waals surface area contributed by atoms with Gasteiger partial charge in [0.2, 0.25) is 0 Å². The molecule has 7 nitrogen and oxygen atoms in total. The van der Waals surface area contributed by atoms with Crippen molar-refractivity contribution in [3.8, 4) is 0 Å². The second-order valence-electron chi connectivity index (χ2n) is 6.04. The molecule has 1 aliphatic rings. The molecule has 0 spiro atoms. The van der Waals surface area contributed by atoms with Crippen LogP contribution in [0.5, 0.6) is 0 Å². The minimum Gasteiger partial charge on any atom is -0.379 e. The van der Waals surface area contributed by atoms with Gasteiger partial charge in [0.1, 0.15) is 5.69 Å². The van der Waals surface area contributed by atoms with E-state index in [0.717, 1.165) is 17.6 Å². The van der Waals surface area contributed by atoms with E-state index in [-0.39, 0.29) is 11.8 Å². The van der Waals surface area contributed by atoms with E-state index in [9.17, 15) is 4.79 Å². The van der Waals surface area contributed by atoms with E-state index in [1.54, 1.807) is 6.20 Å². The van der Waals surface area contributed by atoms with E-state index in [1.807, 2.05) is 29.6 Å². The van der Waals surface area contributed by atoms with Crippen LogP contribution in [0.3, 0.4) is 0 Å². The lowest BCUT2D eigenvalue weighted by Crippen LogP contribution is -2.36. The van der Waals surface area contributed by atoms with E-state index in [4.69, 9.17) is 4.74 Å². The lowest BCUT2D eigenvalue weighted by molar-refractivity contribution is 0.0732. The Hall–Kier alpha value is -2.67. The third-order valence-corrected chi connectivity index (χ3v) is 4.37. The summed E-state index contributed by atoms with van der Waals surface area (Å²) in [6, 6.07) is 4.07. The molecular formula is C17H19N5O2. The summed E-state index contributed by atoms with van der Waals surface area (Å²) >= 11 is 0. The van der Waals surface area contributed by atoms with Gasteiger partial charge >= 0.3 is 0 Å². The van der Waals surface area contributed by atoms with Crippen molar-refractivity contribution < 1.29 is 9.53 Å². The predicted molar refractivity (Wildman–Crippen MR) is 87.7 cm³/mol. The molecule has 0 unspecified atom stereocenters. The highest BCUT2D eigenvalue weighted by Gasteiger charge is 2.25. The van der Waals surface area contributed by atoms with Crippen LogP contribution in [-0.2, 0) is 11.2 Å². The number of carbonyl (C=O) groups excluding carboxylic acids is 1. The number of hydrogen-bond donors (Lipinski definition) is 1. The van der Waals surface area contributed by atoms with Crippen molar-refractivity contribution in [2.45, 2.75) is 6.42 Å². The van der Waals surface area contributed by atoms with Crippen molar-refractivity contribution in [1.29, 1.82) is 0 Å². The van der Waals surface area contributed by atoms with E-state index >= 15 is 0 Å². The number of aromatic nitrogens is 4. The maximum atomic E-state index is 12.6. The number of rotatable bonds is 3. The molecule has 4 rings (SSSR count). The largest absolute Gasteiger partial charge is 0.379 e. The number of aromatic amines is 1. The van der Waals surface area contributed by atoms with Crippen LogP contribution in [0, 0.1) is 5.92 Å². The summed E-state index contributed by atoms with van der Waals surface area (Å²) in [5.41, 5.74) is 2.66. The summed E-state index contributed by atoms with van der Waals surface area (Å²) in [6.45, 7) is 2.44. The number of nitrogens with zero attached hydrogens (tertiary/aromatic N) is 4. The summed E-state index contributed by atoms with van der Waals surface area (Å²) in [5, 5.41) is 0. The Morgan fingerprint density at radius 3 is 3.25 bits per heavy atom. The number of ether oxygens (including phenoxy) is 1. The summed E-state index contributed by atoms with van der Waals surface area (Å²) in [5.74, 6) is 0.185. The van der Waals surface area contributed by atoms with Crippen LogP contribution in [0.1, 0.15) is 16.2 Å². The molecule has 7 heteroatoms. The van der Waals surface area contributed by atoms with E-state index < -0.39 is 0 Å². The molecule has 0 aromatic carbocycles. The minimum absolute atomic E-state index is 0.0307. The van der Waals surface area contributed by atoms with Gasteiger partial charge in [0.25, 0.3) is 5.91 Å². The molecule has 1 saturated heterocycles. The lowest BCUT2D eigenvalue weighted by Gasteiger charge is -2.23. The van der Waals surface area contributed by atoms with Gasteiger partial charge in [-0.3, -0.25) is 9.78 Å². The number of hydrogen-bond acceptors (Lipinski definition) is 4. The van der Waals surface area contributed by atoms with Crippen molar-refractivity contribution in [2.24, 2.45) is 5.92 Å². The molecule has 1 N–H and O–H groups in total. The monoisotopic (exact) mass is 325 g/mol. The highest BCUT2D eigenvalue weighted by atomic mass is 16.5. The van der Waals surface area contributed by atoms with Crippen LogP contribution >= 0.6 is 0 Å². The second-order valence-corrected chi connectivity index (χ2v) is 6.04. The molecule has 3 aromatic heterocycles. The van der Waals surface area contributed by atoms with Crippen molar-refractivity contribution in [2.75, 3.05) is 26.3 Å². The third-order valence-electron chi connectivity index (χ3n) is 4.37. The predicted octanol–water partition coefficient (Wildman–Crippen LogP) is 1.39. The number of nitrogens with one attached hydrogen (secondary N) is 1. The van der Waals surface area contributed by atoms with Gasteiger partial charge in [0, 0.05) is 37.6 Å². The summed E-state index contributed by atoms with van der Waals surface area (Å²) in [4.78, 5) is 25.7. The highest BCUT2D eigenvalue weighted by Crippen LogP contribution is 2.18. The summed E-state index contributed by atoms with van der Waals surface area (Å²) in [7, 11) is 0. The Kier molecular flexibility index (Phi) is 4.00. The number of fused-ring (bicyclic) bond motifs is 1. The first-order valence-corrected chi connectivity index (χ1v) is 8.07. The van der Waals surface area contributed by atoms with Crippen molar-refractivity contribution >= 4 is 11.4 Å². The molecule has 124 valence electrons. The minimum atomic E-state index is -0.0307. The zero-order valence-electron chi connectivity index (χ0n) is 13.3. The van der Waals surface area contributed by atoms with Crippen LogP contribution < -0.4 is 0 Å². The number of carbonyl (C=O) groups is 1. The molecular weight excluding hydrogens is 306 g/mol. The zero-order chi connectivity index (χ0) is 16.4. The average Bonchev–Trinajstić information content (AvgIpc) is 3.24. The van der Waals surface area contributed by atoms with E-state index in [2.05, 4.69) is 25.4 Å². The maximum Gasteiger partial charge on any atom is 0.272 e. The summed E-state index contributed by atoms with van der Waals surface area (Å²) < 4.78 is 7.78. The fraction of sp³-hybridized carbons (Fsp3) is 0.353. The molecule has 1 aliphatic heterocycles. The first-order chi connectivity index (χ1) is 11.8. The van der Waals surface area contributed by atoms with Gasteiger partial charge in [-0.2, -0.15) is 0 Å². The smallest absolute Gasteiger partial charge is 0.272 e. The highest BCUT2D eigenvalue weighted by molar-refractivity contribution is 5.92. The molecule has 0 bridgehead atoms. The fourth-order valence-corrected chi connectivity index (χ4v) is 3.19. The Bertz CT molecular complexity index is 827. The van der Waals surface area contributed by atoms with Gasteiger partial charge < -0.3 is 19.0 Å². The van der Waals surface area contributed by atoms with Crippen LogP contribution in [0.2, 0.25) is 0 Å². The van der Waals surface area contributed by atoms with Crippen molar-refractivity contribution in [1.82, 2.24) is 24.3 Å². The Morgan fingerprint density at radius 2 is 2.38 bits per heavy atom. The third kappa shape index (κ3) is 2.90. The normalized spacial score (nSPS) is 18.7. The maximum absolute atomic E-state index is 12.6. The van der Waals surface area contributed by atoms with Crippen LogP contribution in [0.15, 0.2) is 43.2 Å². The van der Waals surface area contributed by atoms with Gasteiger partial charge in [-0.25, -0.2) is 4.98 Å².